The Morgan fingerprint density at radius 1 is 0.420 bits per heavy atom. The molecule has 0 amide bonds. The van der Waals surface area contributed by atoms with Crippen molar-refractivity contribution in [3.63, 3.8) is 0 Å². The molecule has 0 fully saturated rings. The van der Waals surface area contributed by atoms with Crippen LogP contribution in [-0.2, 0) is 0 Å². The van der Waals surface area contributed by atoms with E-state index in [1.807, 2.05) is 72.9 Å². The zero-order valence-corrected chi connectivity index (χ0v) is 26.7. The maximum Gasteiger partial charge on any atom is 0.164 e. The van der Waals surface area contributed by atoms with Crippen molar-refractivity contribution >= 4 is 43.7 Å². The number of pyridine rings is 1. The number of hydrogen-bond acceptors (Lipinski definition) is 5. The molecule has 0 aliphatic heterocycles. The fourth-order valence-corrected chi connectivity index (χ4v) is 7.01. The number of aromatic nitrogens is 5. The molecule has 0 radical (unpaired) electrons. The predicted molar refractivity (Wildman–Crippen MR) is 201 cm³/mol. The normalized spacial score (nSPS) is 11.6. The van der Waals surface area contributed by atoms with Crippen LogP contribution in [0.15, 0.2) is 168 Å². The van der Waals surface area contributed by atoms with Gasteiger partial charge in [-0.25, -0.2) is 15.0 Å². The lowest BCUT2D eigenvalue weighted by Gasteiger charge is -2.12. The number of rotatable bonds is 5. The minimum absolute atomic E-state index is 0.561. The van der Waals surface area contributed by atoms with Gasteiger partial charge in [0.15, 0.2) is 17.5 Å². The molecule has 0 saturated carbocycles. The van der Waals surface area contributed by atoms with Crippen LogP contribution in [0.2, 0.25) is 0 Å². The first kappa shape index (κ1) is 28.1. The van der Waals surface area contributed by atoms with Gasteiger partial charge in [0.1, 0.15) is 11.2 Å². The van der Waals surface area contributed by atoms with E-state index in [1.54, 1.807) is 6.20 Å². The first-order chi connectivity index (χ1) is 24.8. The Morgan fingerprint density at radius 2 is 1.02 bits per heavy atom. The van der Waals surface area contributed by atoms with Crippen molar-refractivity contribution in [1.82, 2.24) is 24.5 Å². The van der Waals surface area contributed by atoms with Crippen LogP contribution in [0.1, 0.15) is 0 Å². The maximum atomic E-state index is 6.71. The Morgan fingerprint density at radius 3 is 1.72 bits per heavy atom. The lowest BCUT2D eigenvalue weighted by atomic mass is 9.97. The molecule has 6 aromatic carbocycles. The van der Waals surface area contributed by atoms with E-state index in [-0.39, 0.29) is 0 Å². The number of nitrogens with zero attached hydrogens (tertiary/aromatic N) is 5. The third-order valence-corrected chi connectivity index (χ3v) is 9.33. The number of benzene rings is 6. The summed E-state index contributed by atoms with van der Waals surface area (Å²) >= 11 is 0. The Balaban J connectivity index is 1.26. The van der Waals surface area contributed by atoms with Gasteiger partial charge in [-0.3, -0.25) is 4.98 Å². The van der Waals surface area contributed by atoms with E-state index in [4.69, 9.17) is 19.4 Å². The first-order valence-electron chi connectivity index (χ1n) is 16.5. The molecule has 0 saturated heterocycles. The van der Waals surface area contributed by atoms with Gasteiger partial charge in [0.2, 0.25) is 0 Å². The molecule has 50 heavy (non-hydrogen) atoms. The molecule has 6 heteroatoms. The van der Waals surface area contributed by atoms with Gasteiger partial charge in [-0.1, -0.05) is 103 Å². The third-order valence-electron chi connectivity index (χ3n) is 9.33. The van der Waals surface area contributed by atoms with E-state index in [9.17, 15) is 0 Å². The average Bonchev–Trinajstić information content (AvgIpc) is 3.71. The van der Waals surface area contributed by atoms with E-state index < -0.39 is 0 Å². The number of fused-ring (bicyclic) bond motifs is 6. The molecule has 10 rings (SSSR count). The number of furan rings is 1. The van der Waals surface area contributed by atoms with Gasteiger partial charge in [-0.05, 0) is 54.1 Å². The maximum absolute atomic E-state index is 6.71. The molecule has 0 atom stereocenters. The van der Waals surface area contributed by atoms with Crippen LogP contribution in [0.25, 0.3) is 94.7 Å². The SMILES string of the molecule is c1ccc(-c2nc(-c3ccccc3)nc(-c3cc4oc5cc6c7ccccc7n(-c7ccccc7)c6cc5c4cc3-c3cccnc3)n2)cc1. The molecule has 0 spiro atoms. The lowest BCUT2D eigenvalue weighted by molar-refractivity contribution is 0.669. The van der Waals surface area contributed by atoms with Crippen LogP contribution in [0, 0.1) is 0 Å². The van der Waals surface area contributed by atoms with E-state index in [2.05, 4.69) is 94.5 Å². The Labute approximate surface area is 287 Å². The topological polar surface area (TPSA) is 69.6 Å². The van der Waals surface area contributed by atoms with Crippen LogP contribution in [0.3, 0.4) is 0 Å². The summed E-state index contributed by atoms with van der Waals surface area (Å²) < 4.78 is 9.04. The Kier molecular flexibility index (Phi) is 6.39. The van der Waals surface area contributed by atoms with E-state index in [0.29, 0.717) is 17.5 Å². The highest BCUT2D eigenvalue weighted by Gasteiger charge is 2.21. The van der Waals surface area contributed by atoms with Gasteiger partial charge >= 0.3 is 0 Å². The lowest BCUT2D eigenvalue weighted by Crippen LogP contribution is -2.01. The minimum atomic E-state index is 0.561. The van der Waals surface area contributed by atoms with Gasteiger partial charge < -0.3 is 8.98 Å². The molecule has 10 aromatic rings. The largest absolute Gasteiger partial charge is 0.456 e. The summed E-state index contributed by atoms with van der Waals surface area (Å²) in [7, 11) is 0. The molecule has 6 nitrogen and oxygen atoms in total. The highest BCUT2D eigenvalue weighted by Crippen LogP contribution is 2.42. The standard InChI is InChI=1S/C44H27N5O/c1-4-13-28(14-5-1)42-46-43(29-15-6-2-7-16-29)48-44(47-42)37-26-41-35(23-33(37)30-17-12-22-45-27-30)36-24-39-34(25-40(36)50-41)32-20-10-11-21-38(32)49(39)31-18-8-3-9-19-31/h1-27H. The Hall–Kier alpha value is -6.92. The van der Waals surface area contributed by atoms with Gasteiger partial charge in [-0.15, -0.1) is 0 Å². The van der Waals surface area contributed by atoms with Gasteiger partial charge in [-0.2, -0.15) is 0 Å². The molecule has 0 aliphatic rings. The fraction of sp³-hybridized carbons (Fsp3) is 0. The second kappa shape index (κ2) is 11.4. The summed E-state index contributed by atoms with van der Waals surface area (Å²) in [5.41, 5.74) is 9.56. The first-order valence-corrected chi connectivity index (χ1v) is 16.5. The highest BCUT2D eigenvalue weighted by molar-refractivity contribution is 6.18. The fourth-order valence-electron chi connectivity index (χ4n) is 7.01. The van der Waals surface area contributed by atoms with Crippen LogP contribution in [0.5, 0.6) is 0 Å². The van der Waals surface area contributed by atoms with Crippen LogP contribution < -0.4 is 0 Å². The molecule has 0 aliphatic carbocycles. The molecule has 0 bridgehead atoms. The second-order valence-electron chi connectivity index (χ2n) is 12.3. The van der Waals surface area contributed by atoms with Crippen LogP contribution in [-0.4, -0.2) is 24.5 Å². The molecule has 0 N–H and O–H groups in total. The summed E-state index contributed by atoms with van der Waals surface area (Å²) in [6.45, 7) is 0. The third kappa shape index (κ3) is 4.58. The predicted octanol–water partition coefficient (Wildman–Crippen LogP) is 10.9. The van der Waals surface area contributed by atoms with Gasteiger partial charge in [0, 0.05) is 61.9 Å². The number of para-hydroxylation sites is 2. The van der Waals surface area contributed by atoms with Crippen molar-refractivity contribution in [2.45, 2.75) is 0 Å². The molecule has 234 valence electrons. The van der Waals surface area contributed by atoms with E-state index in [0.717, 1.165) is 71.9 Å². The summed E-state index contributed by atoms with van der Waals surface area (Å²) in [4.78, 5) is 19.6. The van der Waals surface area contributed by atoms with Crippen molar-refractivity contribution in [3.05, 3.63) is 164 Å². The molecule has 0 unspecified atom stereocenters. The molecule has 4 heterocycles. The smallest absolute Gasteiger partial charge is 0.164 e. The number of hydrogen-bond donors (Lipinski definition) is 0. The van der Waals surface area contributed by atoms with E-state index in [1.165, 1.54) is 5.39 Å². The monoisotopic (exact) mass is 641 g/mol. The molecular formula is C44H27N5O. The van der Waals surface area contributed by atoms with Crippen molar-refractivity contribution in [3.8, 4) is 51.0 Å². The van der Waals surface area contributed by atoms with Crippen molar-refractivity contribution in [1.29, 1.82) is 0 Å². The summed E-state index contributed by atoms with van der Waals surface area (Å²) in [5.74, 6) is 1.77. The summed E-state index contributed by atoms with van der Waals surface area (Å²) in [5, 5.41) is 4.36. The average molecular weight is 642 g/mol. The van der Waals surface area contributed by atoms with Gasteiger partial charge in [0.25, 0.3) is 0 Å². The summed E-state index contributed by atoms with van der Waals surface area (Å²) in [6, 6.07) is 51.9. The van der Waals surface area contributed by atoms with Crippen LogP contribution >= 0.6 is 0 Å². The zero-order valence-electron chi connectivity index (χ0n) is 26.7. The highest BCUT2D eigenvalue weighted by atomic mass is 16.3. The summed E-state index contributed by atoms with van der Waals surface area (Å²) in [6.07, 6.45) is 3.67. The zero-order chi connectivity index (χ0) is 33.0. The molecular weight excluding hydrogens is 615 g/mol. The van der Waals surface area contributed by atoms with Crippen molar-refractivity contribution in [2.24, 2.45) is 0 Å². The molecule has 4 aromatic heterocycles. The second-order valence-corrected chi connectivity index (χ2v) is 12.3. The van der Waals surface area contributed by atoms with E-state index >= 15 is 0 Å². The van der Waals surface area contributed by atoms with Crippen molar-refractivity contribution in [2.75, 3.05) is 0 Å². The minimum Gasteiger partial charge on any atom is -0.456 e. The Bertz CT molecular complexity index is 2790. The van der Waals surface area contributed by atoms with Crippen molar-refractivity contribution < 1.29 is 4.42 Å². The van der Waals surface area contributed by atoms with Gasteiger partial charge in [0.05, 0.1) is 11.0 Å². The quantitative estimate of drug-likeness (QED) is 0.187. The van der Waals surface area contributed by atoms with Crippen LogP contribution in [0.4, 0.5) is 0 Å².